The van der Waals surface area contributed by atoms with E-state index in [1.54, 1.807) is 30.3 Å². The first-order valence-corrected chi connectivity index (χ1v) is 19.8. The first-order chi connectivity index (χ1) is 25.5. The molecule has 0 saturated heterocycles. The van der Waals surface area contributed by atoms with E-state index in [1.165, 1.54) is 77.0 Å². The molecule has 3 rings (SSSR count). The summed E-state index contributed by atoms with van der Waals surface area (Å²) in [6.07, 6.45) is 21.1. The predicted molar refractivity (Wildman–Crippen MR) is 211 cm³/mol. The maximum Gasteiger partial charge on any atom is 0.347 e. The lowest BCUT2D eigenvalue weighted by atomic mass is 10.1. The molecule has 0 atom stereocenters. The Bertz CT molecular complexity index is 1410. The summed E-state index contributed by atoms with van der Waals surface area (Å²) < 4.78 is 28.8. The minimum absolute atomic E-state index is 0.276. The van der Waals surface area contributed by atoms with Crippen molar-refractivity contribution in [3.63, 3.8) is 0 Å². The number of carbonyl (C=O) groups is 2. The number of ether oxygens (including phenoxy) is 5. The summed E-state index contributed by atoms with van der Waals surface area (Å²) in [6.45, 7) is 9.84. The van der Waals surface area contributed by atoms with Gasteiger partial charge in [0.2, 0.25) is 0 Å². The van der Waals surface area contributed by atoms with Crippen LogP contribution in [0.5, 0.6) is 23.0 Å². The highest BCUT2D eigenvalue weighted by Crippen LogP contribution is 2.29. The molecular weight excluding hydrogens is 652 g/mol. The molecule has 0 fully saturated rings. The van der Waals surface area contributed by atoms with Crippen LogP contribution in [0.15, 0.2) is 79.4 Å². The molecule has 0 N–H and O–H groups in total. The van der Waals surface area contributed by atoms with Gasteiger partial charge in [0.25, 0.3) is 0 Å². The van der Waals surface area contributed by atoms with E-state index in [1.807, 2.05) is 24.3 Å². The lowest BCUT2D eigenvalue weighted by molar-refractivity contribution is -0.137. The summed E-state index contributed by atoms with van der Waals surface area (Å²) in [5.41, 5.74) is 2.38. The molecule has 7 heteroatoms. The molecule has 3 aromatic carbocycles. The molecule has 0 aliphatic rings. The molecule has 0 aromatic heterocycles. The summed E-state index contributed by atoms with van der Waals surface area (Å²) in [7, 11) is 0. The van der Waals surface area contributed by atoms with E-state index in [0.717, 1.165) is 48.8 Å². The van der Waals surface area contributed by atoms with Gasteiger partial charge in [-0.3, -0.25) is 0 Å². The molecule has 0 radical (unpaired) electrons. The van der Waals surface area contributed by atoms with E-state index in [2.05, 4.69) is 32.6 Å². The van der Waals surface area contributed by atoms with Crippen LogP contribution in [0.4, 0.5) is 0 Å². The fourth-order valence-electron chi connectivity index (χ4n) is 5.79. The van der Waals surface area contributed by atoms with Crippen molar-refractivity contribution in [1.82, 2.24) is 0 Å². The molecule has 0 bridgehead atoms. The third-order valence-corrected chi connectivity index (χ3v) is 8.92. The number of rotatable bonds is 29. The first kappa shape index (κ1) is 42.2. The lowest BCUT2D eigenvalue weighted by Gasteiger charge is -2.14. The van der Waals surface area contributed by atoms with E-state index in [4.69, 9.17) is 23.7 Å². The fourth-order valence-corrected chi connectivity index (χ4v) is 5.79. The Morgan fingerprint density at radius 1 is 0.519 bits per heavy atom. The van der Waals surface area contributed by atoms with Crippen LogP contribution in [-0.4, -0.2) is 38.4 Å². The number of hydrogen-bond acceptors (Lipinski definition) is 7. The third-order valence-electron chi connectivity index (χ3n) is 8.92. The molecule has 0 aliphatic carbocycles. The van der Waals surface area contributed by atoms with Crippen LogP contribution in [0, 0.1) is 0 Å². The van der Waals surface area contributed by atoms with Crippen molar-refractivity contribution in [1.29, 1.82) is 0 Å². The van der Waals surface area contributed by atoms with E-state index in [-0.39, 0.29) is 6.61 Å². The number of carbonyl (C=O) groups excluding carboxylic acids is 2. The summed E-state index contributed by atoms with van der Waals surface area (Å²) in [5.74, 6) is 1.39. The zero-order valence-corrected chi connectivity index (χ0v) is 31.8. The van der Waals surface area contributed by atoms with Crippen LogP contribution < -0.4 is 18.9 Å². The zero-order chi connectivity index (χ0) is 37.1. The van der Waals surface area contributed by atoms with Gasteiger partial charge >= 0.3 is 11.9 Å². The molecule has 7 nitrogen and oxygen atoms in total. The molecule has 0 amide bonds. The Labute approximate surface area is 313 Å². The van der Waals surface area contributed by atoms with Gasteiger partial charge in [0, 0.05) is 12.1 Å². The molecule has 0 aliphatic heterocycles. The minimum Gasteiger partial charge on any atom is -0.494 e. The second-order valence-electron chi connectivity index (χ2n) is 13.3. The molecule has 0 unspecified atom stereocenters. The predicted octanol–water partition coefficient (Wildman–Crippen LogP) is 12.1. The summed E-state index contributed by atoms with van der Waals surface area (Å²) in [4.78, 5) is 24.6. The van der Waals surface area contributed by atoms with E-state index in [9.17, 15) is 9.59 Å². The van der Waals surface area contributed by atoms with Crippen molar-refractivity contribution in [3.05, 3.63) is 84.9 Å². The van der Waals surface area contributed by atoms with E-state index in [0.29, 0.717) is 48.9 Å². The molecule has 0 heterocycles. The van der Waals surface area contributed by atoms with Crippen LogP contribution in [0.25, 0.3) is 11.1 Å². The van der Waals surface area contributed by atoms with Crippen molar-refractivity contribution < 1.29 is 33.3 Å². The van der Waals surface area contributed by atoms with Crippen LogP contribution in [-0.2, 0) is 9.53 Å². The third kappa shape index (κ3) is 17.3. The monoisotopic (exact) mass is 714 g/mol. The number of esters is 2. The van der Waals surface area contributed by atoms with Gasteiger partial charge in [-0.2, -0.15) is 0 Å². The molecule has 284 valence electrons. The van der Waals surface area contributed by atoms with Gasteiger partial charge in [0.1, 0.15) is 28.6 Å². The van der Waals surface area contributed by atoms with Crippen LogP contribution >= 0.6 is 0 Å². The Kier molecular flexibility index (Phi) is 21.5. The number of unbranched alkanes of at least 4 members (excludes halogenated alkanes) is 14. The van der Waals surface area contributed by atoms with Crippen LogP contribution in [0.1, 0.15) is 133 Å². The standard InChI is InChI=1S/C45H62O7/c1-4-7-9-11-13-14-15-17-18-32-48-39-26-22-37(23-27-39)38-24-28-40(29-25-38)52-45(47)42-31-30-41(49-33-19-16-12-10-8-5-2)36-43(42)50-34-20-21-35-51-44(46)6-3/h6,22-31,36H,3-5,7-21,32-35H2,1-2H3. The van der Waals surface area contributed by atoms with Crippen molar-refractivity contribution >= 4 is 11.9 Å². The second-order valence-corrected chi connectivity index (χ2v) is 13.3. The van der Waals surface area contributed by atoms with Gasteiger partial charge in [-0.1, -0.05) is 128 Å². The normalized spacial score (nSPS) is 10.8. The summed E-state index contributed by atoms with van der Waals surface area (Å²) >= 11 is 0. The first-order valence-electron chi connectivity index (χ1n) is 19.8. The van der Waals surface area contributed by atoms with Gasteiger partial charge in [-0.15, -0.1) is 0 Å². The van der Waals surface area contributed by atoms with Gasteiger partial charge in [-0.05, 0) is 73.2 Å². The molecule has 0 spiro atoms. The van der Waals surface area contributed by atoms with Crippen molar-refractivity contribution in [2.45, 2.75) is 123 Å². The largest absolute Gasteiger partial charge is 0.494 e. The van der Waals surface area contributed by atoms with Crippen molar-refractivity contribution in [2.24, 2.45) is 0 Å². The van der Waals surface area contributed by atoms with E-state index >= 15 is 0 Å². The number of hydrogen-bond donors (Lipinski definition) is 0. The maximum absolute atomic E-state index is 13.4. The quantitative estimate of drug-likeness (QED) is 0.0306. The number of benzene rings is 3. The van der Waals surface area contributed by atoms with Gasteiger partial charge in [0.15, 0.2) is 0 Å². The van der Waals surface area contributed by atoms with E-state index < -0.39 is 11.9 Å². The summed E-state index contributed by atoms with van der Waals surface area (Å²) in [6, 6.07) is 20.8. The molecule has 52 heavy (non-hydrogen) atoms. The Hall–Kier alpha value is -4.26. The van der Waals surface area contributed by atoms with Crippen molar-refractivity contribution in [3.8, 4) is 34.1 Å². The molecule has 0 saturated carbocycles. The highest BCUT2D eigenvalue weighted by Gasteiger charge is 2.17. The topological polar surface area (TPSA) is 80.3 Å². The smallest absolute Gasteiger partial charge is 0.347 e. The fraction of sp³-hybridized carbons (Fsp3) is 0.511. The molecular formula is C45H62O7. The summed E-state index contributed by atoms with van der Waals surface area (Å²) in [5, 5.41) is 0. The Morgan fingerprint density at radius 2 is 0.962 bits per heavy atom. The van der Waals surface area contributed by atoms with Crippen LogP contribution in [0.3, 0.4) is 0 Å². The minimum atomic E-state index is -0.515. The van der Waals surface area contributed by atoms with Gasteiger partial charge in [0.05, 0.1) is 26.4 Å². The zero-order valence-electron chi connectivity index (χ0n) is 31.8. The second kappa shape index (κ2) is 26.5. The van der Waals surface area contributed by atoms with Crippen LogP contribution in [0.2, 0.25) is 0 Å². The van der Waals surface area contributed by atoms with Gasteiger partial charge in [-0.25, -0.2) is 9.59 Å². The SMILES string of the molecule is C=CC(=O)OCCCCOc1cc(OCCCCCCCC)ccc1C(=O)Oc1ccc(-c2ccc(OCCCCCCCCCCC)cc2)cc1. The highest BCUT2D eigenvalue weighted by atomic mass is 16.5. The van der Waals surface area contributed by atoms with Crippen molar-refractivity contribution in [2.75, 3.05) is 26.4 Å². The maximum atomic E-state index is 13.4. The Morgan fingerprint density at radius 3 is 1.52 bits per heavy atom. The van der Waals surface area contributed by atoms with Gasteiger partial charge < -0.3 is 23.7 Å². The molecule has 3 aromatic rings. The average Bonchev–Trinajstić information content (AvgIpc) is 3.17. The highest BCUT2D eigenvalue weighted by molar-refractivity contribution is 5.94. The average molecular weight is 715 g/mol. The lowest BCUT2D eigenvalue weighted by Crippen LogP contribution is -2.12. The Balaban J connectivity index is 1.50.